The molecule has 0 aliphatic rings. The smallest absolute Gasteiger partial charge is 0.418 e. The molecule has 0 spiro atoms. The SMILES string of the molecule is CC(C)[Si](C(C)C)(C(C)C)n1ccc2c(C(=O)O)c(C(F)(F)F)cnc21. The van der Waals surface area contributed by atoms with E-state index in [2.05, 4.69) is 46.5 Å². The second-order valence-electron chi connectivity index (χ2n) is 7.62. The van der Waals surface area contributed by atoms with Gasteiger partial charge in [0.1, 0.15) is 5.65 Å². The summed E-state index contributed by atoms with van der Waals surface area (Å²) < 4.78 is 41.8. The lowest BCUT2D eigenvalue weighted by atomic mass is 10.1. The van der Waals surface area contributed by atoms with Gasteiger partial charge in [-0.25, -0.2) is 9.78 Å². The van der Waals surface area contributed by atoms with Crippen LogP contribution in [0.3, 0.4) is 0 Å². The number of nitrogens with zero attached hydrogens (tertiary/aromatic N) is 2. The van der Waals surface area contributed by atoms with Crippen LogP contribution in [0.5, 0.6) is 0 Å². The molecule has 1 N–H and O–H groups in total. The molecule has 0 unspecified atom stereocenters. The van der Waals surface area contributed by atoms with Gasteiger partial charge in [-0.15, -0.1) is 0 Å². The Bertz CT molecular complexity index is 804. The number of carboxylic acid groups (broad SMARTS) is 1. The van der Waals surface area contributed by atoms with E-state index in [1.54, 1.807) is 6.20 Å². The molecule has 2 aromatic rings. The lowest BCUT2D eigenvalue weighted by Gasteiger charge is -2.44. The summed E-state index contributed by atoms with van der Waals surface area (Å²) in [6, 6.07) is 1.47. The van der Waals surface area contributed by atoms with Gasteiger partial charge in [-0.1, -0.05) is 41.5 Å². The zero-order valence-corrected chi connectivity index (χ0v) is 16.8. The van der Waals surface area contributed by atoms with Crippen molar-refractivity contribution >= 4 is 25.2 Å². The Morgan fingerprint density at radius 2 is 1.62 bits per heavy atom. The van der Waals surface area contributed by atoms with Crippen LogP contribution in [-0.4, -0.2) is 28.5 Å². The molecule has 2 heterocycles. The van der Waals surface area contributed by atoms with Crippen LogP contribution >= 0.6 is 0 Å². The number of halogens is 3. The number of hydrogen-bond acceptors (Lipinski definition) is 2. The van der Waals surface area contributed by atoms with Crippen molar-refractivity contribution in [1.82, 2.24) is 9.22 Å². The molecule has 0 bridgehead atoms. The average Bonchev–Trinajstić information content (AvgIpc) is 2.88. The molecule has 4 nitrogen and oxygen atoms in total. The van der Waals surface area contributed by atoms with Crippen molar-refractivity contribution in [3.8, 4) is 0 Å². The second-order valence-corrected chi connectivity index (χ2v) is 13.3. The summed E-state index contributed by atoms with van der Waals surface area (Å²) in [6.07, 6.45) is -2.38. The minimum atomic E-state index is -4.76. The standard InChI is InChI=1S/C18H25F3N2O2Si/c1-10(2)26(11(3)4,12(5)6)23-8-7-13-15(17(24)25)14(18(19,20)21)9-22-16(13)23/h7-12H,1-6H3,(H,24,25). The van der Waals surface area contributed by atoms with E-state index in [4.69, 9.17) is 0 Å². The Morgan fingerprint density at radius 3 is 2.00 bits per heavy atom. The second kappa shape index (κ2) is 6.72. The summed E-state index contributed by atoms with van der Waals surface area (Å²) in [4.78, 5) is 15.7. The van der Waals surface area contributed by atoms with Gasteiger partial charge in [0.2, 0.25) is 0 Å². The fraction of sp³-hybridized carbons (Fsp3) is 0.556. The minimum Gasteiger partial charge on any atom is -0.478 e. The third kappa shape index (κ3) is 2.94. The molecule has 26 heavy (non-hydrogen) atoms. The molecule has 2 aromatic heterocycles. The lowest BCUT2D eigenvalue weighted by Crippen LogP contribution is -2.51. The monoisotopic (exact) mass is 386 g/mol. The van der Waals surface area contributed by atoms with Gasteiger partial charge in [0, 0.05) is 11.6 Å². The first kappa shape index (κ1) is 20.5. The zero-order chi connectivity index (χ0) is 20.0. The molecular formula is C18H25F3N2O2Si. The Morgan fingerprint density at radius 1 is 1.12 bits per heavy atom. The third-order valence-corrected chi connectivity index (χ3v) is 12.2. The maximum atomic E-state index is 13.3. The van der Waals surface area contributed by atoms with Crippen LogP contribution in [0.25, 0.3) is 11.0 Å². The number of pyridine rings is 1. The summed E-state index contributed by atoms with van der Waals surface area (Å²) in [6.45, 7) is 12.8. The first-order chi connectivity index (χ1) is 11.9. The van der Waals surface area contributed by atoms with Crippen LogP contribution < -0.4 is 0 Å². The number of carbonyl (C=O) groups is 1. The number of aromatic nitrogens is 2. The number of hydrogen-bond donors (Lipinski definition) is 1. The Labute approximate surface area is 152 Å². The van der Waals surface area contributed by atoms with Gasteiger partial charge in [0.25, 0.3) is 0 Å². The zero-order valence-electron chi connectivity index (χ0n) is 15.8. The number of alkyl halides is 3. The van der Waals surface area contributed by atoms with Gasteiger partial charge in [0.15, 0.2) is 8.24 Å². The predicted octanol–water partition coefficient (Wildman–Crippen LogP) is 5.78. The van der Waals surface area contributed by atoms with E-state index in [0.29, 0.717) is 28.5 Å². The molecule has 0 radical (unpaired) electrons. The highest BCUT2D eigenvalue weighted by molar-refractivity contribution is 6.82. The highest BCUT2D eigenvalue weighted by atomic mass is 28.3. The molecule has 144 valence electrons. The summed E-state index contributed by atoms with van der Waals surface area (Å²) in [5, 5.41) is 9.49. The van der Waals surface area contributed by atoms with Crippen molar-refractivity contribution < 1.29 is 23.1 Å². The van der Waals surface area contributed by atoms with Crippen molar-refractivity contribution in [3.05, 3.63) is 29.6 Å². The summed E-state index contributed by atoms with van der Waals surface area (Å²) >= 11 is 0. The summed E-state index contributed by atoms with van der Waals surface area (Å²) in [5.41, 5.74) is -0.693. The Hall–Kier alpha value is -1.83. The molecule has 2 rings (SSSR count). The molecule has 0 fully saturated rings. The highest BCUT2D eigenvalue weighted by Gasteiger charge is 2.46. The Balaban J connectivity index is 2.92. The first-order valence-corrected chi connectivity index (χ1v) is 10.9. The van der Waals surface area contributed by atoms with E-state index in [1.165, 1.54) is 6.07 Å². The van der Waals surface area contributed by atoms with Crippen LogP contribution in [0.2, 0.25) is 16.6 Å². The number of aromatic carboxylic acids is 1. The van der Waals surface area contributed by atoms with Crippen molar-refractivity contribution in [1.29, 1.82) is 0 Å². The predicted molar refractivity (Wildman–Crippen MR) is 98.1 cm³/mol. The van der Waals surface area contributed by atoms with Gasteiger partial charge < -0.3 is 9.34 Å². The lowest BCUT2D eigenvalue weighted by molar-refractivity contribution is -0.138. The van der Waals surface area contributed by atoms with Gasteiger partial charge >= 0.3 is 12.1 Å². The van der Waals surface area contributed by atoms with Crippen molar-refractivity contribution in [2.75, 3.05) is 0 Å². The normalized spacial score (nSPS) is 13.4. The number of fused-ring (bicyclic) bond motifs is 1. The molecule has 0 aliphatic heterocycles. The van der Waals surface area contributed by atoms with E-state index in [-0.39, 0.29) is 5.39 Å². The molecule has 0 atom stereocenters. The van der Waals surface area contributed by atoms with Gasteiger partial charge in [0.05, 0.1) is 11.1 Å². The van der Waals surface area contributed by atoms with Crippen LogP contribution in [0.15, 0.2) is 18.5 Å². The highest BCUT2D eigenvalue weighted by Crippen LogP contribution is 2.45. The summed E-state index contributed by atoms with van der Waals surface area (Å²) in [7, 11) is -2.26. The fourth-order valence-corrected chi connectivity index (χ4v) is 11.2. The number of rotatable bonds is 5. The van der Waals surface area contributed by atoms with Gasteiger partial charge in [-0.3, -0.25) is 0 Å². The maximum absolute atomic E-state index is 13.3. The van der Waals surface area contributed by atoms with Crippen molar-refractivity contribution in [3.63, 3.8) is 0 Å². The molecule has 0 aromatic carbocycles. The topological polar surface area (TPSA) is 55.1 Å². The van der Waals surface area contributed by atoms with Crippen molar-refractivity contribution in [2.24, 2.45) is 0 Å². The van der Waals surface area contributed by atoms with E-state index in [0.717, 1.165) is 0 Å². The van der Waals surface area contributed by atoms with E-state index >= 15 is 0 Å². The van der Waals surface area contributed by atoms with E-state index in [9.17, 15) is 23.1 Å². The van der Waals surface area contributed by atoms with E-state index in [1.807, 2.05) is 4.23 Å². The molecule has 0 saturated heterocycles. The minimum absolute atomic E-state index is 0.0474. The molecule has 0 amide bonds. The third-order valence-electron chi connectivity index (χ3n) is 5.43. The van der Waals surface area contributed by atoms with Crippen molar-refractivity contribution in [2.45, 2.75) is 64.3 Å². The fourth-order valence-electron chi connectivity index (χ4n) is 4.68. The van der Waals surface area contributed by atoms with Crippen LogP contribution in [-0.2, 0) is 6.18 Å². The van der Waals surface area contributed by atoms with Crippen LogP contribution in [0, 0.1) is 0 Å². The van der Waals surface area contributed by atoms with Crippen LogP contribution in [0.4, 0.5) is 13.2 Å². The maximum Gasteiger partial charge on any atom is 0.418 e. The van der Waals surface area contributed by atoms with Crippen LogP contribution in [0.1, 0.15) is 57.5 Å². The largest absolute Gasteiger partial charge is 0.478 e. The molecule has 8 heteroatoms. The van der Waals surface area contributed by atoms with E-state index < -0.39 is 31.5 Å². The summed E-state index contributed by atoms with van der Waals surface area (Å²) in [5.74, 6) is -1.59. The molecule has 0 aliphatic carbocycles. The number of carboxylic acids is 1. The Kier molecular flexibility index (Phi) is 5.29. The molecule has 0 saturated carbocycles. The molecular weight excluding hydrogens is 361 g/mol. The van der Waals surface area contributed by atoms with Gasteiger partial charge in [-0.2, -0.15) is 13.2 Å². The van der Waals surface area contributed by atoms with Gasteiger partial charge in [-0.05, 0) is 28.9 Å². The quantitative estimate of drug-likeness (QED) is 0.663. The first-order valence-electron chi connectivity index (χ1n) is 8.67. The average molecular weight is 386 g/mol.